The van der Waals surface area contributed by atoms with Crippen LogP contribution in [0.25, 0.3) is 11.3 Å². The molecule has 0 aliphatic rings. The van der Waals surface area contributed by atoms with Crippen LogP contribution in [-0.2, 0) is 6.42 Å². The molecule has 26 heavy (non-hydrogen) atoms. The summed E-state index contributed by atoms with van der Waals surface area (Å²) < 4.78 is 40.5. The van der Waals surface area contributed by atoms with Crippen LogP contribution >= 0.6 is 11.3 Å². The van der Waals surface area contributed by atoms with Gasteiger partial charge in [-0.25, -0.2) is 18.2 Å². The Morgan fingerprint density at radius 1 is 1.12 bits per heavy atom. The van der Waals surface area contributed by atoms with Crippen LogP contribution in [-0.4, -0.2) is 16.5 Å². The van der Waals surface area contributed by atoms with Crippen molar-refractivity contribution >= 4 is 22.2 Å². The average Bonchev–Trinajstić information content (AvgIpc) is 3.05. The van der Waals surface area contributed by atoms with Crippen LogP contribution in [0.5, 0.6) is 0 Å². The molecule has 2 aromatic carbocycles. The van der Waals surface area contributed by atoms with E-state index in [2.05, 4.69) is 10.3 Å². The van der Waals surface area contributed by atoms with Gasteiger partial charge in [-0.1, -0.05) is 6.07 Å². The van der Waals surface area contributed by atoms with Crippen molar-refractivity contribution in [3.8, 4) is 11.3 Å². The topological polar surface area (TPSA) is 68.1 Å². The molecule has 3 aromatic rings. The highest BCUT2D eigenvalue weighted by Crippen LogP contribution is 2.29. The summed E-state index contributed by atoms with van der Waals surface area (Å²) >= 11 is 1.23. The molecule has 0 spiro atoms. The van der Waals surface area contributed by atoms with E-state index in [1.54, 1.807) is 5.38 Å². The number of aromatic nitrogens is 1. The number of hydrogen-bond acceptors (Lipinski definition) is 5. The van der Waals surface area contributed by atoms with Gasteiger partial charge in [0, 0.05) is 29.6 Å². The number of nitro groups is 1. The smallest absolute Gasteiger partial charge is 0.272 e. The Balaban J connectivity index is 1.65. The van der Waals surface area contributed by atoms with Gasteiger partial charge in [0.15, 0.2) is 5.13 Å². The second-order valence-electron chi connectivity index (χ2n) is 5.37. The molecule has 0 amide bonds. The maximum Gasteiger partial charge on any atom is 0.272 e. The molecule has 9 heteroatoms. The second-order valence-corrected chi connectivity index (χ2v) is 6.23. The van der Waals surface area contributed by atoms with Crippen LogP contribution < -0.4 is 5.32 Å². The standard InChI is InChI=1S/C17H12F3N3O2S/c18-11-2-1-10(14(19)7-11)5-6-21-17-22-16(9-26-17)13-4-3-12(23(24)25)8-15(13)20/h1-4,7-9H,5-6H2,(H,21,22). The summed E-state index contributed by atoms with van der Waals surface area (Å²) in [5.74, 6) is -1.97. The Morgan fingerprint density at radius 3 is 2.62 bits per heavy atom. The molecule has 0 aliphatic carbocycles. The average molecular weight is 379 g/mol. The lowest BCUT2D eigenvalue weighted by Crippen LogP contribution is -2.06. The maximum absolute atomic E-state index is 14.0. The van der Waals surface area contributed by atoms with Crippen molar-refractivity contribution in [1.29, 1.82) is 0 Å². The first kappa shape index (κ1) is 17.9. The minimum atomic E-state index is -0.732. The van der Waals surface area contributed by atoms with E-state index in [-0.39, 0.29) is 11.3 Å². The molecule has 134 valence electrons. The third-order valence-electron chi connectivity index (χ3n) is 3.63. The van der Waals surface area contributed by atoms with E-state index in [0.29, 0.717) is 29.4 Å². The Hall–Kier alpha value is -2.94. The van der Waals surface area contributed by atoms with Crippen molar-refractivity contribution in [1.82, 2.24) is 4.98 Å². The number of benzene rings is 2. The molecule has 3 rings (SSSR count). The van der Waals surface area contributed by atoms with E-state index in [0.717, 1.165) is 12.1 Å². The van der Waals surface area contributed by atoms with Gasteiger partial charge in [-0.05, 0) is 24.1 Å². The molecule has 0 fully saturated rings. The van der Waals surface area contributed by atoms with Gasteiger partial charge in [-0.2, -0.15) is 0 Å². The summed E-state index contributed by atoms with van der Waals surface area (Å²) in [5, 5.41) is 15.8. The molecule has 0 unspecified atom stereocenters. The molecule has 0 saturated carbocycles. The van der Waals surface area contributed by atoms with Crippen LogP contribution in [0.1, 0.15) is 5.56 Å². The van der Waals surface area contributed by atoms with Crippen molar-refractivity contribution < 1.29 is 18.1 Å². The highest BCUT2D eigenvalue weighted by Gasteiger charge is 2.14. The number of rotatable bonds is 6. The first-order valence-corrected chi connectivity index (χ1v) is 8.39. The minimum Gasteiger partial charge on any atom is -0.361 e. The SMILES string of the molecule is O=[N+]([O-])c1ccc(-c2csc(NCCc3ccc(F)cc3F)n2)c(F)c1. The van der Waals surface area contributed by atoms with E-state index in [9.17, 15) is 23.3 Å². The Labute approximate surface area is 150 Å². The van der Waals surface area contributed by atoms with Gasteiger partial charge < -0.3 is 5.32 Å². The van der Waals surface area contributed by atoms with Crippen LogP contribution in [0.15, 0.2) is 41.8 Å². The molecule has 1 heterocycles. The molecule has 0 aliphatic heterocycles. The normalized spacial score (nSPS) is 10.7. The Bertz CT molecular complexity index is 962. The first-order valence-electron chi connectivity index (χ1n) is 7.51. The van der Waals surface area contributed by atoms with Crippen LogP contribution in [0.3, 0.4) is 0 Å². The lowest BCUT2D eigenvalue weighted by molar-refractivity contribution is -0.385. The number of anilines is 1. The van der Waals surface area contributed by atoms with Crippen molar-refractivity contribution in [3.05, 3.63) is 74.9 Å². The number of halogens is 3. The van der Waals surface area contributed by atoms with Gasteiger partial charge in [0.1, 0.15) is 17.5 Å². The van der Waals surface area contributed by atoms with Crippen molar-refractivity contribution in [2.45, 2.75) is 6.42 Å². The van der Waals surface area contributed by atoms with Crippen LogP contribution in [0.4, 0.5) is 24.0 Å². The van der Waals surface area contributed by atoms with E-state index in [4.69, 9.17) is 0 Å². The van der Waals surface area contributed by atoms with Gasteiger partial charge in [0.05, 0.1) is 16.7 Å². The summed E-state index contributed by atoms with van der Waals surface area (Å²) in [6.45, 7) is 0.359. The molecule has 0 atom stereocenters. The lowest BCUT2D eigenvalue weighted by Gasteiger charge is -2.04. The number of nitro benzene ring substituents is 1. The van der Waals surface area contributed by atoms with Crippen molar-refractivity contribution in [3.63, 3.8) is 0 Å². The quantitative estimate of drug-likeness (QED) is 0.494. The Morgan fingerprint density at radius 2 is 1.92 bits per heavy atom. The largest absolute Gasteiger partial charge is 0.361 e. The molecule has 1 N–H and O–H groups in total. The fourth-order valence-corrected chi connectivity index (χ4v) is 3.07. The lowest BCUT2D eigenvalue weighted by atomic mass is 10.1. The van der Waals surface area contributed by atoms with Gasteiger partial charge >= 0.3 is 0 Å². The van der Waals surface area contributed by atoms with E-state index in [1.165, 1.54) is 35.6 Å². The predicted molar refractivity (Wildman–Crippen MR) is 92.7 cm³/mol. The summed E-state index contributed by atoms with van der Waals surface area (Å²) in [4.78, 5) is 14.2. The monoisotopic (exact) mass is 379 g/mol. The molecule has 0 radical (unpaired) electrons. The highest BCUT2D eigenvalue weighted by atomic mass is 32.1. The van der Waals surface area contributed by atoms with E-state index < -0.39 is 22.4 Å². The highest BCUT2D eigenvalue weighted by molar-refractivity contribution is 7.14. The fraction of sp³-hybridized carbons (Fsp3) is 0.118. The summed E-state index contributed by atoms with van der Waals surface area (Å²) in [6.07, 6.45) is 0.326. The van der Waals surface area contributed by atoms with Gasteiger partial charge in [-0.15, -0.1) is 11.3 Å². The first-order chi connectivity index (χ1) is 12.4. The Kier molecular flexibility index (Phi) is 5.17. The number of non-ortho nitro benzene ring substituents is 1. The summed E-state index contributed by atoms with van der Waals surface area (Å²) in [7, 11) is 0. The zero-order valence-corrected chi connectivity index (χ0v) is 14.0. The third kappa shape index (κ3) is 3.99. The summed E-state index contributed by atoms with van der Waals surface area (Å²) in [5.41, 5.74) is 0.542. The number of hydrogen-bond donors (Lipinski definition) is 1. The van der Waals surface area contributed by atoms with Crippen LogP contribution in [0.2, 0.25) is 0 Å². The van der Waals surface area contributed by atoms with Crippen LogP contribution in [0, 0.1) is 27.6 Å². The predicted octanol–water partition coefficient (Wildman–Crippen LogP) is 4.79. The zero-order valence-electron chi connectivity index (χ0n) is 13.2. The molecule has 5 nitrogen and oxygen atoms in total. The number of nitrogens with one attached hydrogen (secondary N) is 1. The van der Waals surface area contributed by atoms with Crippen molar-refractivity contribution in [2.24, 2.45) is 0 Å². The van der Waals surface area contributed by atoms with Gasteiger partial charge in [-0.3, -0.25) is 10.1 Å². The van der Waals surface area contributed by atoms with E-state index in [1.807, 2.05) is 0 Å². The number of thiazole rings is 1. The number of nitrogens with zero attached hydrogens (tertiary/aromatic N) is 2. The van der Waals surface area contributed by atoms with Gasteiger partial charge in [0.2, 0.25) is 0 Å². The molecule has 0 bridgehead atoms. The fourth-order valence-electron chi connectivity index (χ4n) is 2.33. The molecule has 0 saturated heterocycles. The van der Waals surface area contributed by atoms with E-state index >= 15 is 0 Å². The zero-order chi connectivity index (χ0) is 18.7. The molecular weight excluding hydrogens is 367 g/mol. The third-order valence-corrected chi connectivity index (χ3v) is 4.43. The summed E-state index contributed by atoms with van der Waals surface area (Å²) in [6, 6.07) is 6.76. The van der Waals surface area contributed by atoms with Gasteiger partial charge in [0.25, 0.3) is 5.69 Å². The second kappa shape index (κ2) is 7.52. The van der Waals surface area contributed by atoms with Crippen molar-refractivity contribution in [2.75, 3.05) is 11.9 Å². The molecule has 1 aromatic heterocycles. The minimum absolute atomic E-state index is 0.157. The maximum atomic E-state index is 14.0. The molecular formula is C17H12F3N3O2S.